The molecule has 0 heterocycles. The van der Waals surface area contributed by atoms with E-state index in [4.69, 9.17) is 4.74 Å². The minimum atomic E-state index is 0.250. The van der Waals surface area contributed by atoms with Crippen molar-refractivity contribution in [3.8, 4) is 5.75 Å². The first-order valence-corrected chi connectivity index (χ1v) is 16.8. The van der Waals surface area contributed by atoms with Crippen LogP contribution in [0.5, 0.6) is 5.75 Å². The summed E-state index contributed by atoms with van der Waals surface area (Å²) in [6, 6.07) is 19.0. The molecule has 0 saturated carbocycles. The molecule has 2 aromatic rings. The van der Waals surface area contributed by atoms with Gasteiger partial charge < -0.3 is 4.74 Å². The van der Waals surface area contributed by atoms with Crippen molar-refractivity contribution < 1.29 is 4.74 Å². The van der Waals surface area contributed by atoms with Crippen molar-refractivity contribution in [2.24, 2.45) is 0 Å². The van der Waals surface area contributed by atoms with Crippen LogP contribution < -0.4 is 4.74 Å². The first kappa shape index (κ1) is 29.8. The fraction of sp³-hybridized carbons (Fsp3) is 0.429. The Bertz CT molecular complexity index is 461. The summed E-state index contributed by atoms with van der Waals surface area (Å²) in [5.41, 5.74) is 1.40. The molecule has 0 aliphatic heterocycles. The molecule has 2 aromatic carbocycles. The quantitative estimate of drug-likeness (QED) is 0.257. The molecule has 0 aliphatic carbocycles. The van der Waals surface area contributed by atoms with Crippen molar-refractivity contribution in [1.82, 2.24) is 0 Å². The highest BCUT2D eigenvalue weighted by Crippen LogP contribution is 2.19. The molecule has 2 rings (SSSR count). The highest BCUT2D eigenvalue weighted by Gasteiger charge is 2.15. The topological polar surface area (TPSA) is 9.23 Å². The van der Waals surface area contributed by atoms with Crippen LogP contribution in [0.1, 0.15) is 47.1 Å². The van der Waals surface area contributed by atoms with Gasteiger partial charge in [0, 0.05) is 53.7 Å². The Morgan fingerprint density at radius 1 is 0.760 bits per heavy atom. The third-order valence-corrected chi connectivity index (χ3v) is 4.53. The predicted octanol–water partition coefficient (Wildman–Crippen LogP) is 8.35. The normalized spacial score (nSPS) is 9.20. The summed E-state index contributed by atoms with van der Waals surface area (Å²) in [4.78, 5) is 1.38. The van der Waals surface area contributed by atoms with Crippen LogP contribution in [0.15, 0.2) is 59.5 Å². The van der Waals surface area contributed by atoms with Crippen LogP contribution in [0.2, 0.25) is 0 Å². The van der Waals surface area contributed by atoms with Crippen molar-refractivity contribution in [3.05, 3.63) is 60.2 Å². The fourth-order valence-corrected chi connectivity index (χ4v) is 3.18. The molecule has 25 heavy (non-hydrogen) atoms. The number of halogens is 2. The minimum absolute atomic E-state index is 0.250. The maximum absolute atomic E-state index is 5.17. The van der Waals surface area contributed by atoms with Gasteiger partial charge in [0.25, 0.3) is 0 Å². The van der Waals surface area contributed by atoms with Gasteiger partial charge in [-0.15, -0.1) is 0 Å². The summed E-state index contributed by atoms with van der Waals surface area (Å²) in [6.07, 6.45) is 2.29. The van der Waals surface area contributed by atoms with Gasteiger partial charge in [-0.1, -0.05) is 71.9 Å². The Balaban J connectivity index is -0.000000533. The summed E-state index contributed by atoms with van der Waals surface area (Å²) in [6.45, 7) is 12.0. The van der Waals surface area contributed by atoms with E-state index in [1.54, 1.807) is 7.11 Å². The Labute approximate surface area is 183 Å². The zero-order valence-corrected chi connectivity index (χ0v) is 22.1. The maximum Gasteiger partial charge on any atom is 0.155 e. The summed E-state index contributed by atoms with van der Waals surface area (Å²) in [5.74, 6) is 2.03. The number of hydrogen-bond acceptors (Lipinski definition) is 1. The number of methoxy groups -OCH3 is 1. The fourth-order valence-electron chi connectivity index (χ4n) is 1.72. The second-order valence-corrected chi connectivity index (χ2v) is 5.98. The van der Waals surface area contributed by atoms with Crippen LogP contribution in [0, 0.1) is 0 Å². The smallest absolute Gasteiger partial charge is 0.155 e. The molecule has 0 aliphatic rings. The average molecular weight is 589 g/mol. The van der Waals surface area contributed by atoms with E-state index in [0.717, 1.165) is 11.5 Å². The van der Waals surface area contributed by atoms with Crippen molar-refractivity contribution in [1.29, 1.82) is 0 Å². The SMILES string of the molecule is CC.CC.CC.COc1ccc([S+](C)Cc2ccccc2)cc1.II. The van der Waals surface area contributed by atoms with E-state index in [0.29, 0.717) is 0 Å². The van der Waals surface area contributed by atoms with Gasteiger partial charge in [0.05, 0.1) is 7.11 Å². The first-order chi connectivity index (χ1) is 12.3. The Hall–Kier alpha value is 0.0500. The summed E-state index contributed by atoms with van der Waals surface area (Å²) < 4.78 is 5.17. The monoisotopic (exact) mass is 589 g/mol. The van der Waals surface area contributed by atoms with E-state index in [9.17, 15) is 0 Å². The average Bonchev–Trinajstić information content (AvgIpc) is 2.74. The molecule has 0 bridgehead atoms. The number of benzene rings is 2. The second-order valence-electron chi connectivity index (χ2n) is 3.94. The Kier molecular flexibility index (Phi) is 28.7. The molecular formula is C21H35I2OS+. The summed E-state index contributed by atoms with van der Waals surface area (Å²) in [5, 5.41) is 0. The first-order valence-electron chi connectivity index (χ1n) is 8.74. The van der Waals surface area contributed by atoms with Crippen molar-refractivity contribution in [3.63, 3.8) is 0 Å². The van der Waals surface area contributed by atoms with Crippen LogP contribution in [-0.2, 0) is 16.6 Å². The third kappa shape index (κ3) is 14.9. The van der Waals surface area contributed by atoms with Crippen LogP contribution in [-0.4, -0.2) is 13.4 Å². The van der Waals surface area contributed by atoms with E-state index in [1.807, 2.05) is 53.7 Å². The zero-order valence-electron chi connectivity index (χ0n) is 17.0. The van der Waals surface area contributed by atoms with Gasteiger partial charge in [-0.2, -0.15) is 0 Å². The lowest BCUT2D eigenvalue weighted by Crippen LogP contribution is -2.03. The molecule has 1 unspecified atom stereocenters. The van der Waals surface area contributed by atoms with Crippen LogP contribution in [0.3, 0.4) is 0 Å². The lowest BCUT2D eigenvalue weighted by Gasteiger charge is -2.04. The molecule has 144 valence electrons. The van der Waals surface area contributed by atoms with Crippen molar-refractivity contribution in [2.45, 2.75) is 52.2 Å². The van der Waals surface area contributed by atoms with E-state index in [-0.39, 0.29) is 10.9 Å². The van der Waals surface area contributed by atoms with Gasteiger partial charge >= 0.3 is 0 Å². The van der Waals surface area contributed by atoms with Gasteiger partial charge in [0.1, 0.15) is 17.8 Å². The van der Waals surface area contributed by atoms with Gasteiger partial charge in [-0.3, -0.25) is 0 Å². The molecular weight excluding hydrogens is 554 g/mol. The molecule has 0 amide bonds. The van der Waals surface area contributed by atoms with Crippen LogP contribution in [0.25, 0.3) is 0 Å². The van der Waals surface area contributed by atoms with E-state index in [1.165, 1.54) is 10.5 Å². The van der Waals surface area contributed by atoms with Gasteiger partial charge in [-0.25, -0.2) is 0 Å². The number of hydrogen-bond donors (Lipinski definition) is 0. The molecule has 4 heteroatoms. The molecule has 0 fully saturated rings. The lowest BCUT2D eigenvalue weighted by atomic mass is 10.2. The van der Waals surface area contributed by atoms with E-state index < -0.39 is 0 Å². The maximum atomic E-state index is 5.17. The van der Waals surface area contributed by atoms with Crippen molar-refractivity contribution in [2.75, 3.05) is 13.4 Å². The molecule has 0 aromatic heterocycles. The number of ether oxygens (including phenoxy) is 1. The Morgan fingerprint density at radius 3 is 1.60 bits per heavy atom. The largest absolute Gasteiger partial charge is 0.497 e. The van der Waals surface area contributed by atoms with E-state index >= 15 is 0 Å². The summed E-state index contributed by atoms with van der Waals surface area (Å²) in [7, 11) is 1.95. The minimum Gasteiger partial charge on any atom is -0.497 e. The van der Waals surface area contributed by atoms with Gasteiger partial charge in [0.2, 0.25) is 0 Å². The summed E-state index contributed by atoms with van der Waals surface area (Å²) >= 11 is 4.24. The zero-order chi connectivity index (χ0) is 20.1. The molecule has 0 saturated heterocycles. The molecule has 1 atom stereocenters. The van der Waals surface area contributed by atoms with Crippen LogP contribution in [0.4, 0.5) is 0 Å². The lowest BCUT2D eigenvalue weighted by molar-refractivity contribution is 0.414. The van der Waals surface area contributed by atoms with Crippen molar-refractivity contribution >= 4 is 48.1 Å². The van der Waals surface area contributed by atoms with Gasteiger partial charge in [0.15, 0.2) is 4.90 Å². The number of rotatable bonds is 4. The molecule has 1 nitrogen and oxygen atoms in total. The highest BCUT2D eigenvalue weighted by atomic mass is 128. The standard InChI is InChI=1S/C15H17OS.3C2H6.I2/c1-16-14-8-10-15(11-9-14)17(2)12-13-6-4-3-5-7-13;4*1-2/h3-11H,12H2,1-2H3;3*1-2H3;/q+1;;;;. The third-order valence-electron chi connectivity index (χ3n) is 2.69. The predicted molar refractivity (Wildman–Crippen MR) is 137 cm³/mol. The molecule has 0 radical (unpaired) electrons. The Morgan fingerprint density at radius 2 is 1.20 bits per heavy atom. The van der Waals surface area contributed by atoms with Gasteiger partial charge in [-0.05, 0) is 24.3 Å². The van der Waals surface area contributed by atoms with E-state index in [2.05, 4.69) is 86.0 Å². The van der Waals surface area contributed by atoms with Crippen LogP contribution >= 0.6 is 37.2 Å². The second kappa shape index (κ2) is 24.1. The molecule has 0 spiro atoms. The molecule has 0 N–H and O–H groups in total. The highest BCUT2D eigenvalue weighted by molar-refractivity contribution is 15.0.